The van der Waals surface area contributed by atoms with Crippen molar-refractivity contribution in [2.45, 2.75) is 12.8 Å². The molecule has 5 heteroatoms. The van der Waals surface area contributed by atoms with Gasteiger partial charge in [-0.25, -0.2) is 0 Å². The van der Waals surface area contributed by atoms with E-state index in [1.807, 2.05) is 47.0 Å². The Labute approximate surface area is 136 Å². The number of benzene rings is 2. The summed E-state index contributed by atoms with van der Waals surface area (Å²) in [5, 5.41) is 8.55. The van der Waals surface area contributed by atoms with Gasteiger partial charge in [0.1, 0.15) is 0 Å². The van der Waals surface area contributed by atoms with E-state index in [1.165, 1.54) is 0 Å². The van der Waals surface area contributed by atoms with Crippen LogP contribution in [0.15, 0.2) is 53.0 Å². The van der Waals surface area contributed by atoms with Crippen LogP contribution in [-0.4, -0.2) is 14.8 Å². The Kier molecular flexibility index (Phi) is 4.08. The molecule has 106 valence electrons. The third-order valence-corrected chi connectivity index (χ3v) is 4.59. The van der Waals surface area contributed by atoms with Gasteiger partial charge < -0.3 is 0 Å². The first-order chi connectivity index (χ1) is 10.2. The van der Waals surface area contributed by atoms with Crippen molar-refractivity contribution < 1.29 is 0 Å². The van der Waals surface area contributed by atoms with E-state index in [9.17, 15) is 0 Å². The number of nitrogens with zero attached hydrogens (tertiary/aromatic N) is 3. The Bertz CT molecular complexity index is 768. The summed E-state index contributed by atoms with van der Waals surface area (Å²) >= 11 is 9.66. The number of hydrogen-bond donors (Lipinski definition) is 0. The van der Waals surface area contributed by atoms with Gasteiger partial charge >= 0.3 is 0 Å². The van der Waals surface area contributed by atoms with E-state index in [4.69, 9.17) is 11.6 Å². The lowest BCUT2D eigenvalue weighted by molar-refractivity contribution is 0.953. The van der Waals surface area contributed by atoms with Gasteiger partial charge in [0.15, 0.2) is 11.6 Å². The van der Waals surface area contributed by atoms with E-state index in [0.29, 0.717) is 5.88 Å². The van der Waals surface area contributed by atoms with E-state index in [2.05, 4.69) is 39.1 Å². The largest absolute Gasteiger partial charge is 0.278 e. The van der Waals surface area contributed by atoms with Crippen molar-refractivity contribution >= 4 is 27.5 Å². The Morgan fingerprint density at radius 3 is 2.52 bits per heavy atom. The predicted molar refractivity (Wildman–Crippen MR) is 88.8 cm³/mol. The number of hydrogen-bond acceptors (Lipinski definition) is 2. The molecular weight excluding hydrogens is 350 g/mol. The standard InChI is InChI=1S/C16H13BrClN3/c1-11-6-5-9-13(15(11)17)16-20-19-14(10-18)21(16)12-7-3-2-4-8-12/h2-9H,10H2,1H3. The summed E-state index contributed by atoms with van der Waals surface area (Å²) in [6.07, 6.45) is 0. The molecule has 2 aromatic carbocycles. The van der Waals surface area contributed by atoms with E-state index >= 15 is 0 Å². The highest BCUT2D eigenvalue weighted by atomic mass is 79.9. The van der Waals surface area contributed by atoms with Crippen molar-refractivity contribution in [3.63, 3.8) is 0 Å². The minimum atomic E-state index is 0.311. The van der Waals surface area contributed by atoms with Gasteiger partial charge in [-0.1, -0.05) is 36.4 Å². The molecule has 0 aliphatic rings. The predicted octanol–water partition coefficient (Wildman–Crippen LogP) is 4.74. The molecule has 1 heterocycles. The summed E-state index contributed by atoms with van der Waals surface area (Å²) in [4.78, 5) is 0. The van der Waals surface area contributed by atoms with Crippen LogP contribution < -0.4 is 0 Å². The minimum absolute atomic E-state index is 0.311. The molecule has 0 aliphatic carbocycles. The Morgan fingerprint density at radius 2 is 1.81 bits per heavy atom. The van der Waals surface area contributed by atoms with Crippen LogP contribution in [0, 0.1) is 6.92 Å². The molecule has 1 aromatic heterocycles. The van der Waals surface area contributed by atoms with Crippen LogP contribution in [0.1, 0.15) is 11.4 Å². The van der Waals surface area contributed by atoms with Gasteiger partial charge in [-0.15, -0.1) is 21.8 Å². The molecule has 0 saturated heterocycles. The highest BCUT2D eigenvalue weighted by molar-refractivity contribution is 9.10. The molecule has 0 N–H and O–H groups in total. The SMILES string of the molecule is Cc1cccc(-c2nnc(CCl)n2-c2ccccc2)c1Br. The summed E-state index contributed by atoms with van der Waals surface area (Å²) in [6, 6.07) is 16.1. The van der Waals surface area contributed by atoms with E-state index in [1.54, 1.807) is 0 Å². The fourth-order valence-corrected chi connectivity index (χ4v) is 2.86. The number of aromatic nitrogens is 3. The highest BCUT2D eigenvalue weighted by Gasteiger charge is 2.17. The molecular formula is C16H13BrClN3. The molecule has 0 fully saturated rings. The Balaban J connectivity index is 2.25. The van der Waals surface area contributed by atoms with Gasteiger partial charge in [0, 0.05) is 15.7 Å². The lowest BCUT2D eigenvalue weighted by Crippen LogP contribution is -2.02. The Hall–Kier alpha value is -1.65. The first-order valence-electron chi connectivity index (χ1n) is 6.53. The summed E-state index contributed by atoms with van der Waals surface area (Å²) in [5.41, 5.74) is 3.16. The number of alkyl halides is 1. The molecule has 0 spiro atoms. The van der Waals surface area contributed by atoms with Crippen LogP contribution in [0.5, 0.6) is 0 Å². The van der Waals surface area contributed by atoms with Crippen molar-refractivity contribution in [2.24, 2.45) is 0 Å². The monoisotopic (exact) mass is 361 g/mol. The quantitative estimate of drug-likeness (QED) is 0.630. The molecule has 0 atom stereocenters. The molecule has 3 rings (SSSR count). The van der Waals surface area contributed by atoms with Crippen LogP contribution in [0.25, 0.3) is 17.1 Å². The van der Waals surface area contributed by atoms with Gasteiger partial charge in [0.25, 0.3) is 0 Å². The first kappa shape index (κ1) is 14.3. The zero-order valence-electron chi connectivity index (χ0n) is 11.4. The number of halogens is 2. The summed E-state index contributed by atoms with van der Waals surface area (Å²) < 4.78 is 3.02. The molecule has 0 aliphatic heterocycles. The Morgan fingerprint density at radius 1 is 1.05 bits per heavy atom. The second-order valence-corrected chi connectivity index (χ2v) is 5.74. The lowest BCUT2D eigenvalue weighted by Gasteiger charge is -2.11. The normalized spacial score (nSPS) is 10.8. The zero-order valence-corrected chi connectivity index (χ0v) is 13.8. The van der Waals surface area contributed by atoms with Gasteiger partial charge in [-0.05, 0) is 40.5 Å². The highest BCUT2D eigenvalue weighted by Crippen LogP contribution is 2.31. The number of aryl methyl sites for hydroxylation is 1. The van der Waals surface area contributed by atoms with Crippen LogP contribution in [0.2, 0.25) is 0 Å². The molecule has 3 aromatic rings. The van der Waals surface area contributed by atoms with Gasteiger partial charge in [-0.2, -0.15) is 0 Å². The van der Waals surface area contributed by atoms with Gasteiger partial charge in [-0.3, -0.25) is 4.57 Å². The van der Waals surface area contributed by atoms with E-state index < -0.39 is 0 Å². The van der Waals surface area contributed by atoms with E-state index in [-0.39, 0.29) is 0 Å². The molecule has 0 bridgehead atoms. The number of rotatable bonds is 3. The second kappa shape index (κ2) is 6.00. The molecule has 0 amide bonds. The van der Waals surface area contributed by atoms with Crippen molar-refractivity contribution in [3.8, 4) is 17.1 Å². The maximum absolute atomic E-state index is 6.02. The fourth-order valence-electron chi connectivity index (χ4n) is 2.25. The summed E-state index contributed by atoms with van der Waals surface area (Å²) in [5.74, 6) is 1.82. The van der Waals surface area contributed by atoms with Gasteiger partial charge in [0.2, 0.25) is 0 Å². The maximum atomic E-state index is 6.02. The summed E-state index contributed by atoms with van der Waals surface area (Å²) in [7, 11) is 0. The maximum Gasteiger partial charge on any atom is 0.169 e. The minimum Gasteiger partial charge on any atom is -0.278 e. The van der Waals surface area contributed by atoms with Crippen molar-refractivity contribution in [3.05, 3.63) is 64.4 Å². The van der Waals surface area contributed by atoms with E-state index in [0.717, 1.165) is 32.9 Å². The number of para-hydroxylation sites is 1. The van der Waals surface area contributed by atoms with Crippen LogP contribution in [-0.2, 0) is 5.88 Å². The third kappa shape index (κ3) is 2.61. The van der Waals surface area contributed by atoms with Gasteiger partial charge in [0.05, 0.1) is 5.88 Å². The zero-order chi connectivity index (χ0) is 14.8. The van der Waals surface area contributed by atoms with Crippen LogP contribution in [0.4, 0.5) is 0 Å². The fraction of sp³-hybridized carbons (Fsp3) is 0.125. The third-order valence-electron chi connectivity index (χ3n) is 3.30. The topological polar surface area (TPSA) is 30.7 Å². The average Bonchev–Trinajstić information content (AvgIpc) is 2.94. The smallest absolute Gasteiger partial charge is 0.169 e. The molecule has 0 saturated carbocycles. The average molecular weight is 363 g/mol. The van der Waals surface area contributed by atoms with Crippen LogP contribution in [0.3, 0.4) is 0 Å². The van der Waals surface area contributed by atoms with Crippen molar-refractivity contribution in [2.75, 3.05) is 0 Å². The molecule has 0 unspecified atom stereocenters. The van der Waals surface area contributed by atoms with Crippen molar-refractivity contribution in [1.82, 2.24) is 14.8 Å². The lowest BCUT2D eigenvalue weighted by atomic mass is 10.1. The van der Waals surface area contributed by atoms with Crippen molar-refractivity contribution in [1.29, 1.82) is 0 Å². The molecule has 21 heavy (non-hydrogen) atoms. The first-order valence-corrected chi connectivity index (χ1v) is 7.86. The molecule has 3 nitrogen and oxygen atoms in total. The summed E-state index contributed by atoms with van der Waals surface area (Å²) in [6.45, 7) is 2.05. The van der Waals surface area contributed by atoms with Crippen LogP contribution >= 0.6 is 27.5 Å². The molecule has 0 radical (unpaired) electrons. The second-order valence-electron chi connectivity index (χ2n) is 4.68.